The second-order valence-electron chi connectivity index (χ2n) is 8.06. The molecule has 0 atom stereocenters. The van der Waals surface area contributed by atoms with Crippen molar-refractivity contribution in [3.63, 3.8) is 0 Å². The molecule has 0 bridgehead atoms. The molecule has 170 valence electrons. The lowest BCUT2D eigenvalue weighted by Crippen LogP contribution is -2.13. The molecule has 0 unspecified atom stereocenters. The standard InChI is InChI=1S/C26H23ClN6O/c1-3-32-16-23(17(2)31-32)25-12-22(21-6-4-5-7-24(21)30-25)26(34)29-20-13-28-33(15-20)14-18-8-10-19(27)11-9-18/h4-13,15-16H,3,14H2,1-2H3,(H,29,34). The minimum atomic E-state index is -0.216. The Morgan fingerprint density at radius 2 is 1.85 bits per heavy atom. The predicted molar refractivity (Wildman–Crippen MR) is 134 cm³/mol. The van der Waals surface area contributed by atoms with E-state index in [0.29, 0.717) is 22.8 Å². The number of hydrogen-bond donors (Lipinski definition) is 1. The Kier molecular flexibility index (Phi) is 5.86. The third-order valence-electron chi connectivity index (χ3n) is 5.66. The summed E-state index contributed by atoms with van der Waals surface area (Å²) in [6, 6.07) is 17.1. The number of nitrogens with zero attached hydrogens (tertiary/aromatic N) is 5. The molecule has 34 heavy (non-hydrogen) atoms. The molecule has 0 radical (unpaired) electrons. The van der Waals surface area contributed by atoms with E-state index in [2.05, 4.69) is 15.5 Å². The molecular formula is C26H23ClN6O. The van der Waals surface area contributed by atoms with Gasteiger partial charge in [0.05, 0.1) is 40.9 Å². The van der Waals surface area contributed by atoms with Crippen LogP contribution in [0.25, 0.3) is 22.2 Å². The van der Waals surface area contributed by atoms with Gasteiger partial charge in [-0.1, -0.05) is 41.9 Å². The van der Waals surface area contributed by atoms with Crippen LogP contribution in [0.3, 0.4) is 0 Å². The Balaban J connectivity index is 1.44. The summed E-state index contributed by atoms with van der Waals surface area (Å²) in [5.74, 6) is -0.216. The van der Waals surface area contributed by atoms with Crippen LogP contribution < -0.4 is 5.32 Å². The van der Waals surface area contributed by atoms with Crippen LogP contribution in [0.1, 0.15) is 28.5 Å². The molecule has 8 heteroatoms. The van der Waals surface area contributed by atoms with E-state index in [4.69, 9.17) is 16.6 Å². The molecule has 0 aliphatic rings. The second-order valence-corrected chi connectivity index (χ2v) is 8.50. The number of carbonyl (C=O) groups is 1. The largest absolute Gasteiger partial charge is 0.319 e. The van der Waals surface area contributed by atoms with Gasteiger partial charge in [0.25, 0.3) is 5.91 Å². The number of benzene rings is 2. The number of aromatic nitrogens is 5. The molecule has 1 N–H and O–H groups in total. The Bertz CT molecular complexity index is 1490. The lowest BCUT2D eigenvalue weighted by Gasteiger charge is -2.09. The van der Waals surface area contributed by atoms with Crippen LogP contribution in [0.15, 0.2) is 73.2 Å². The zero-order valence-corrected chi connectivity index (χ0v) is 19.6. The van der Waals surface area contributed by atoms with Gasteiger partial charge in [0, 0.05) is 34.9 Å². The first-order chi connectivity index (χ1) is 16.5. The van der Waals surface area contributed by atoms with Crippen molar-refractivity contribution in [2.45, 2.75) is 26.9 Å². The monoisotopic (exact) mass is 470 g/mol. The number of nitrogens with one attached hydrogen (secondary N) is 1. The lowest BCUT2D eigenvalue weighted by atomic mass is 10.0. The van der Waals surface area contributed by atoms with Crippen molar-refractivity contribution in [2.24, 2.45) is 0 Å². The van der Waals surface area contributed by atoms with Gasteiger partial charge in [-0.25, -0.2) is 4.98 Å². The van der Waals surface area contributed by atoms with Gasteiger partial charge in [0.1, 0.15) is 0 Å². The Morgan fingerprint density at radius 3 is 2.62 bits per heavy atom. The summed E-state index contributed by atoms with van der Waals surface area (Å²) in [4.78, 5) is 18.2. The highest BCUT2D eigenvalue weighted by atomic mass is 35.5. The van der Waals surface area contributed by atoms with Gasteiger partial charge in [-0.2, -0.15) is 10.2 Å². The van der Waals surface area contributed by atoms with Crippen LogP contribution in [-0.4, -0.2) is 30.5 Å². The Hall–Kier alpha value is -3.97. The molecule has 0 saturated carbocycles. The Morgan fingerprint density at radius 1 is 1.06 bits per heavy atom. The number of amides is 1. The first kappa shape index (κ1) is 21.9. The average Bonchev–Trinajstić information content (AvgIpc) is 3.45. The molecule has 2 aromatic carbocycles. The number of carbonyl (C=O) groups excluding carboxylic acids is 1. The number of anilines is 1. The SMILES string of the molecule is CCn1cc(-c2cc(C(=O)Nc3cnn(Cc4ccc(Cl)cc4)c3)c3ccccc3n2)c(C)n1. The smallest absolute Gasteiger partial charge is 0.256 e. The Labute approximate surface area is 202 Å². The van der Waals surface area contributed by atoms with Crippen molar-refractivity contribution >= 4 is 34.1 Å². The highest BCUT2D eigenvalue weighted by Crippen LogP contribution is 2.27. The summed E-state index contributed by atoms with van der Waals surface area (Å²) in [5, 5.41) is 13.4. The maximum atomic E-state index is 13.4. The molecule has 0 aliphatic carbocycles. The maximum Gasteiger partial charge on any atom is 0.256 e. The molecule has 1 amide bonds. The van der Waals surface area contributed by atoms with Gasteiger partial charge >= 0.3 is 0 Å². The number of hydrogen-bond acceptors (Lipinski definition) is 4. The predicted octanol–water partition coefficient (Wildman–Crippen LogP) is 5.58. The second kappa shape index (κ2) is 9.11. The number of pyridine rings is 1. The fourth-order valence-corrected chi connectivity index (χ4v) is 4.05. The average molecular weight is 471 g/mol. The number of para-hydroxylation sites is 1. The summed E-state index contributed by atoms with van der Waals surface area (Å²) in [5.41, 5.74) is 5.51. The third-order valence-corrected chi connectivity index (χ3v) is 5.91. The van der Waals surface area contributed by atoms with E-state index >= 15 is 0 Å². The van der Waals surface area contributed by atoms with Gasteiger partial charge in [0.2, 0.25) is 0 Å². The van der Waals surface area contributed by atoms with E-state index < -0.39 is 0 Å². The lowest BCUT2D eigenvalue weighted by molar-refractivity contribution is 0.102. The van der Waals surface area contributed by atoms with Crippen molar-refractivity contribution < 1.29 is 4.79 Å². The fraction of sp³-hybridized carbons (Fsp3) is 0.154. The van der Waals surface area contributed by atoms with E-state index in [1.54, 1.807) is 10.9 Å². The number of aryl methyl sites for hydroxylation is 2. The van der Waals surface area contributed by atoms with E-state index in [0.717, 1.165) is 40.0 Å². The first-order valence-electron chi connectivity index (χ1n) is 11.0. The van der Waals surface area contributed by atoms with Crippen LogP contribution in [-0.2, 0) is 13.1 Å². The van der Waals surface area contributed by atoms with E-state index in [1.807, 2.05) is 85.5 Å². The maximum absolute atomic E-state index is 13.4. The van der Waals surface area contributed by atoms with Crippen molar-refractivity contribution in [2.75, 3.05) is 5.32 Å². The molecule has 5 rings (SSSR count). The summed E-state index contributed by atoms with van der Waals surface area (Å²) in [7, 11) is 0. The van der Waals surface area contributed by atoms with Gasteiger partial charge in [-0.15, -0.1) is 0 Å². The van der Waals surface area contributed by atoms with Crippen molar-refractivity contribution in [1.82, 2.24) is 24.5 Å². The van der Waals surface area contributed by atoms with Gasteiger partial charge in [-0.05, 0) is 43.7 Å². The molecule has 0 fully saturated rings. The molecule has 3 aromatic heterocycles. The van der Waals surface area contributed by atoms with Gasteiger partial charge in [-0.3, -0.25) is 14.2 Å². The number of rotatable bonds is 6. The van der Waals surface area contributed by atoms with Crippen LogP contribution in [0.4, 0.5) is 5.69 Å². The third kappa shape index (κ3) is 4.43. The van der Waals surface area contributed by atoms with E-state index in [1.165, 1.54) is 0 Å². The number of fused-ring (bicyclic) bond motifs is 1. The minimum absolute atomic E-state index is 0.216. The van der Waals surface area contributed by atoms with Crippen LogP contribution in [0, 0.1) is 6.92 Å². The summed E-state index contributed by atoms with van der Waals surface area (Å²) in [6.07, 6.45) is 5.43. The summed E-state index contributed by atoms with van der Waals surface area (Å²) >= 11 is 5.96. The zero-order chi connectivity index (χ0) is 23.7. The van der Waals surface area contributed by atoms with Gasteiger partial charge < -0.3 is 5.32 Å². The molecular weight excluding hydrogens is 448 g/mol. The van der Waals surface area contributed by atoms with E-state index in [9.17, 15) is 4.79 Å². The molecule has 5 aromatic rings. The quantitative estimate of drug-likeness (QED) is 0.351. The van der Waals surface area contributed by atoms with Gasteiger partial charge in [0.15, 0.2) is 0 Å². The zero-order valence-electron chi connectivity index (χ0n) is 18.9. The fourth-order valence-electron chi connectivity index (χ4n) is 3.92. The van der Waals surface area contributed by atoms with Crippen molar-refractivity contribution in [3.05, 3.63) is 95.0 Å². The molecule has 0 saturated heterocycles. The van der Waals surface area contributed by atoms with E-state index in [-0.39, 0.29) is 5.91 Å². The normalized spacial score (nSPS) is 11.1. The number of halogens is 1. The molecule has 7 nitrogen and oxygen atoms in total. The van der Waals surface area contributed by atoms with Crippen LogP contribution in [0.5, 0.6) is 0 Å². The molecule has 3 heterocycles. The molecule has 0 aliphatic heterocycles. The first-order valence-corrected chi connectivity index (χ1v) is 11.4. The highest BCUT2D eigenvalue weighted by molar-refractivity contribution is 6.30. The topological polar surface area (TPSA) is 77.6 Å². The van der Waals surface area contributed by atoms with Crippen molar-refractivity contribution in [3.8, 4) is 11.3 Å². The van der Waals surface area contributed by atoms with Crippen molar-refractivity contribution in [1.29, 1.82) is 0 Å². The molecule has 0 spiro atoms. The van der Waals surface area contributed by atoms with Crippen LogP contribution >= 0.6 is 11.6 Å². The summed E-state index contributed by atoms with van der Waals surface area (Å²) < 4.78 is 3.65. The van der Waals surface area contributed by atoms with Crippen LogP contribution in [0.2, 0.25) is 5.02 Å². The minimum Gasteiger partial charge on any atom is -0.319 e. The highest BCUT2D eigenvalue weighted by Gasteiger charge is 2.17. The summed E-state index contributed by atoms with van der Waals surface area (Å²) in [6.45, 7) is 5.33.